The van der Waals surface area contributed by atoms with Gasteiger partial charge >= 0.3 is 0 Å². The van der Waals surface area contributed by atoms with Crippen molar-refractivity contribution in [3.63, 3.8) is 0 Å². The highest BCUT2D eigenvalue weighted by molar-refractivity contribution is 9.10. The lowest BCUT2D eigenvalue weighted by atomic mass is 10.1. The standard InChI is InChI=1S/C13H19BrN2O.C7H5BrO2/c1-9-6-16(7-10(2)15-9)8-11-5-12(14)3-4-13(11)17;8-6-1-2-7(10)5(3-6)4-9/h3-5,9-10,15,17H,6-8H2,1-2H3;1-4,10H/t9-,10+;. The molecule has 0 radical (unpaired) electrons. The van der Waals surface area contributed by atoms with E-state index in [2.05, 4.69) is 55.9 Å². The van der Waals surface area contributed by atoms with Crippen LogP contribution < -0.4 is 5.32 Å². The molecule has 0 saturated carbocycles. The molecule has 1 aliphatic heterocycles. The largest absolute Gasteiger partial charge is 0.508 e. The number of carbonyl (C=O) groups is 1. The summed E-state index contributed by atoms with van der Waals surface area (Å²) in [7, 11) is 0. The van der Waals surface area contributed by atoms with Crippen molar-refractivity contribution in [2.75, 3.05) is 13.1 Å². The first-order chi connectivity index (χ1) is 12.8. The van der Waals surface area contributed by atoms with Crippen molar-refractivity contribution in [3.05, 3.63) is 56.5 Å². The summed E-state index contributed by atoms with van der Waals surface area (Å²) in [6, 6.07) is 11.3. The molecule has 0 amide bonds. The molecule has 0 spiro atoms. The van der Waals surface area contributed by atoms with Crippen molar-refractivity contribution < 1.29 is 15.0 Å². The van der Waals surface area contributed by atoms with Crippen molar-refractivity contribution in [2.45, 2.75) is 32.5 Å². The van der Waals surface area contributed by atoms with E-state index >= 15 is 0 Å². The topological polar surface area (TPSA) is 72.8 Å². The number of aldehydes is 1. The second kappa shape index (κ2) is 10.2. The summed E-state index contributed by atoms with van der Waals surface area (Å²) < 4.78 is 1.80. The molecule has 1 saturated heterocycles. The minimum absolute atomic E-state index is 0.0122. The number of hydrogen-bond acceptors (Lipinski definition) is 5. The maximum Gasteiger partial charge on any atom is 0.153 e. The summed E-state index contributed by atoms with van der Waals surface area (Å²) in [6.45, 7) is 7.25. The minimum Gasteiger partial charge on any atom is -0.508 e. The van der Waals surface area contributed by atoms with Crippen LogP contribution in [0.2, 0.25) is 0 Å². The van der Waals surface area contributed by atoms with Gasteiger partial charge in [-0.15, -0.1) is 0 Å². The number of piperazine rings is 1. The zero-order valence-corrected chi connectivity index (χ0v) is 18.5. The molecule has 2 aromatic carbocycles. The number of halogens is 2. The number of rotatable bonds is 3. The fourth-order valence-electron chi connectivity index (χ4n) is 3.11. The molecule has 27 heavy (non-hydrogen) atoms. The molecular weight excluding hydrogens is 476 g/mol. The monoisotopic (exact) mass is 498 g/mol. The minimum atomic E-state index is 0.0122. The van der Waals surface area contributed by atoms with Crippen LogP contribution in [-0.2, 0) is 6.54 Å². The Morgan fingerprint density at radius 1 is 1.04 bits per heavy atom. The van der Waals surface area contributed by atoms with E-state index in [1.165, 1.54) is 6.07 Å². The van der Waals surface area contributed by atoms with Gasteiger partial charge in [0, 0.05) is 46.2 Å². The summed E-state index contributed by atoms with van der Waals surface area (Å²) in [5.74, 6) is 0.394. The quantitative estimate of drug-likeness (QED) is 0.549. The predicted molar refractivity (Wildman–Crippen MR) is 114 cm³/mol. The second-order valence-electron chi connectivity index (χ2n) is 6.76. The highest BCUT2D eigenvalue weighted by atomic mass is 79.9. The van der Waals surface area contributed by atoms with Crippen molar-refractivity contribution >= 4 is 38.1 Å². The van der Waals surface area contributed by atoms with E-state index < -0.39 is 0 Å². The second-order valence-corrected chi connectivity index (χ2v) is 8.59. The van der Waals surface area contributed by atoms with E-state index in [4.69, 9.17) is 5.11 Å². The lowest BCUT2D eigenvalue weighted by molar-refractivity contribution is 0.112. The SMILES string of the molecule is C[C@@H]1CN(Cc2cc(Br)ccc2O)C[C@H](C)N1.O=Cc1cc(Br)ccc1O. The Morgan fingerprint density at radius 3 is 2.15 bits per heavy atom. The Balaban J connectivity index is 0.000000223. The molecule has 146 valence electrons. The van der Waals surface area contributed by atoms with Gasteiger partial charge in [0.15, 0.2) is 6.29 Å². The molecule has 2 atom stereocenters. The summed E-state index contributed by atoms with van der Waals surface area (Å²) in [6.07, 6.45) is 0.611. The number of carbonyl (C=O) groups excluding carboxylic acids is 1. The predicted octanol–water partition coefficient (Wildman–Crippen LogP) is 4.30. The molecule has 1 heterocycles. The molecule has 0 aliphatic carbocycles. The van der Waals surface area contributed by atoms with E-state index in [1.807, 2.05) is 12.1 Å². The number of nitrogens with zero attached hydrogens (tertiary/aromatic N) is 1. The first-order valence-corrected chi connectivity index (χ1v) is 10.3. The molecule has 0 unspecified atom stereocenters. The van der Waals surface area contributed by atoms with Crippen LogP contribution in [0.25, 0.3) is 0 Å². The lowest BCUT2D eigenvalue weighted by Crippen LogP contribution is -2.53. The van der Waals surface area contributed by atoms with E-state index in [9.17, 15) is 9.90 Å². The average molecular weight is 500 g/mol. The normalized spacial score (nSPS) is 19.9. The van der Waals surface area contributed by atoms with Crippen LogP contribution in [0.3, 0.4) is 0 Å². The fraction of sp³-hybridized carbons (Fsp3) is 0.350. The smallest absolute Gasteiger partial charge is 0.153 e. The van der Waals surface area contributed by atoms with E-state index in [-0.39, 0.29) is 5.75 Å². The van der Waals surface area contributed by atoms with Gasteiger partial charge in [-0.05, 0) is 50.2 Å². The molecule has 3 N–H and O–H groups in total. The number of nitrogens with one attached hydrogen (secondary N) is 1. The molecule has 1 aliphatic rings. The third-order valence-corrected chi connectivity index (χ3v) is 5.17. The van der Waals surface area contributed by atoms with Gasteiger partial charge in [0.25, 0.3) is 0 Å². The van der Waals surface area contributed by atoms with Gasteiger partial charge in [0.05, 0.1) is 5.56 Å². The summed E-state index contributed by atoms with van der Waals surface area (Å²) in [4.78, 5) is 12.6. The highest BCUT2D eigenvalue weighted by Gasteiger charge is 2.21. The molecular formula is C20H24Br2N2O3. The van der Waals surface area contributed by atoms with E-state index in [0.29, 0.717) is 29.7 Å². The number of benzene rings is 2. The zero-order valence-electron chi connectivity index (χ0n) is 15.3. The maximum absolute atomic E-state index is 10.2. The van der Waals surface area contributed by atoms with Crippen LogP contribution in [0.5, 0.6) is 11.5 Å². The zero-order chi connectivity index (χ0) is 20.0. The van der Waals surface area contributed by atoms with Crippen molar-refractivity contribution in [3.8, 4) is 11.5 Å². The molecule has 2 aromatic rings. The van der Waals surface area contributed by atoms with Gasteiger partial charge in [-0.2, -0.15) is 0 Å². The third-order valence-electron chi connectivity index (χ3n) is 4.19. The maximum atomic E-state index is 10.2. The molecule has 3 rings (SSSR count). The van der Waals surface area contributed by atoms with E-state index in [0.717, 1.165) is 34.1 Å². The van der Waals surface area contributed by atoms with E-state index in [1.54, 1.807) is 18.2 Å². The highest BCUT2D eigenvalue weighted by Crippen LogP contribution is 2.24. The van der Waals surface area contributed by atoms with Crippen molar-refractivity contribution in [1.29, 1.82) is 0 Å². The third kappa shape index (κ3) is 6.92. The number of hydrogen-bond donors (Lipinski definition) is 3. The first-order valence-electron chi connectivity index (χ1n) is 8.68. The summed E-state index contributed by atoms with van der Waals surface area (Å²) in [5, 5.41) is 22.3. The lowest BCUT2D eigenvalue weighted by Gasteiger charge is -2.36. The molecule has 0 aromatic heterocycles. The molecule has 7 heteroatoms. The Hall–Kier alpha value is -1.41. The van der Waals surface area contributed by atoms with Gasteiger partial charge in [-0.25, -0.2) is 0 Å². The van der Waals surface area contributed by atoms with Crippen LogP contribution in [0.4, 0.5) is 0 Å². The van der Waals surface area contributed by atoms with Gasteiger partial charge in [0.1, 0.15) is 11.5 Å². The first kappa shape index (κ1) is 21.9. The Labute approximate surface area is 176 Å². The molecule has 1 fully saturated rings. The van der Waals surface area contributed by atoms with Gasteiger partial charge in [-0.1, -0.05) is 31.9 Å². The van der Waals surface area contributed by atoms with Crippen LogP contribution in [0.15, 0.2) is 45.3 Å². The van der Waals surface area contributed by atoms with Gasteiger partial charge in [-0.3, -0.25) is 9.69 Å². The van der Waals surface area contributed by atoms with Crippen molar-refractivity contribution in [2.24, 2.45) is 0 Å². The van der Waals surface area contributed by atoms with Crippen LogP contribution in [0, 0.1) is 0 Å². The van der Waals surface area contributed by atoms with Gasteiger partial charge in [0.2, 0.25) is 0 Å². The van der Waals surface area contributed by atoms with Crippen molar-refractivity contribution in [1.82, 2.24) is 10.2 Å². The molecule has 5 nitrogen and oxygen atoms in total. The Kier molecular flexibility index (Phi) is 8.28. The Morgan fingerprint density at radius 2 is 1.59 bits per heavy atom. The van der Waals surface area contributed by atoms with Crippen LogP contribution in [0.1, 0.15) is 29.8 Å². The Bertz CT molecular complexity index is 776. The number of phenolic OH excluding ortho intramolecular Hbond substituents is 2. The summed E-state index contributed by atoms with van der Waals surface area (Å²) >= 11 is 6.61. The number of phenols is 2. The number of aromatic hydroxyl groups is 2. The summed E-state index contributed by atoms with van der Waals surface area (Å²) in [5.41, 5.74) is 1.29. The average Bonchev–Trinajstić information content (AvgIpc) is 2.60. The van der Waals surface area contributed by atoms with Crippen LogP contribution in [-0.4, -0.2) is 46.6 Å². The van der Waals surface area contributed by atoms with Gasteiger partial charge < -0.3 is 15.5 Å². The van der Waals surface area contributed by atoms with Crippen LogP contribution >= 0.6 is 31.9 Å². The molecule has 0 bridgehead atoms. The fourth-order valence-corrected chi connectivity index (χ4v) is 3.90.